The lowest BCUT2D eigenvalue weighted by molar-refractivity contribution is -0.144. The van der Waals surface area contributed by atoms with Crippen molar-refractivity contribution in [3.8, 4) is 0 Å². The molecule has 0 spiro atoms. The van der Waals surface area contributed by atoms with E-state index in [1.54, 1.807) is 31.2 Å². The number of rotatable bonds is 8. The third-order valence-electron chi connectivity index (χ3n) is 2.99. The quantitative estimate of drug-likeness (QED) is 0.508. The van der Waals surface area contributed by atoms with E-state index in [1.165, 1.54) is 0 Å². The Morgan fingerprint density at radius 1 is 1.31 bits per heavy atom. The summed E-state index contributed by atoms with van der Waals surface area (Å²) < 4.78 is 44.0. The van der Waals surface area contributed by atoms with E-state index in [0.29, 0.717) is 17.2 Å². The van der Waals surface area contributed by atoms with Crippen molar-refractivity contribution in [2.75, 3.05) is 17.7 Å². The Hall–Kier alpha value is -2.29. The second kappa shape index (κ2) is 10.0. The van der Waals surface area contributed by atoms with Gasteiger partial charge in [0.25, 0.3) is 0 Å². The lowest BCUT2D eigenvalue weighted by atomic mass is 10.2. The van der Waals surface area contributed by atoms with Crippen molar-refractivity contribution in [2.24, 2.45) is 0 Å². The highest BCUT2D eigenvalue weighted by molar-refractivity contribution is 6.29. The monoisotopic (exact) mass is 391 g/mol. The standard InChI is InChI=1S/C16H21ClF3N5O/c1-4-6-12(8-7-10(3)17)26-9-11(5-2)22-15-24-13(16(18,19)20)23-14(21)25-15/h4,6-8,11H,5,9H2,1-3H3,(H3,21,22,23,24,25)/b6-4-,10-7+,12-8+. The van der Waals surface area contributed by atoms with Gasteiger partial charge in [-0.25, -0.2) is 0 Å². The van der Waals surface area contributed by atoms with E-state index < -0.39 is 17.9 Å². The molecule has 1 rings (SSSR count). The van der Waals surface area contributed by atoms with Crippen LogP contribution in [0.5, 0.6) is 0 Å². The predicted octanol–water partition coefficient (Wildman–Crippen LogP) is 4.28. The molecule has 0 radical (unpaired) electrons. The molecule has 3 N–H and O–H groups in total. The number of halogens is 4. The van der Waals surface area contributed by atoms with Crippen molar-refractivity contribution < 1.29 is 17.9 Å². The predicted molar refractivity (Wildman–Crippen MR) is 95.4 cm³/mol. The van der Waals surface area contributed by atoms with Crippen molar-refractivity contribution in [1.29, 1.82) is 0 Å². The summed E-state index contributed by atoms with van der Waals surface area (Å²) in [5.74, 6) is -1.56. The fourth-order valence-electron chi connectivity index (χ4n) is 1.74. The first-order valence-electron chi connectivity index (χ1n) is 7.80. The molecule has 0 bridgehead atoms. The summed E-state index contributed by atoms with van der Waals surface area (Å²) in [5, 5.41) is 3.37. The van der Waals surface area contributed by atoms with Crippen molar-refractivity contribution in [3.05, 3.63) is 40.9 Å². The molecule has 0 fully saturated rings. The summed E-state index contributed by atoms with van der Waals surface area (Å²) in [5.41, 5.74) is 5.33. The molecule has 1 atom stereocenters. The molecule has 0 saturated carbocycles. The Kier molecular flexibility index (Phi) is 8.37. The van der Waals surface area contributed by atoms with E-state index in [0.717, 1.165) is 0 Å². The van der Waals surface area contributed by atoms with Crippen molar-refractivity contribution in [2.45, 2.75) is 39.4 Å². The number of nitrogens with two attached hydrogens (primary N) is 1. The SMILES string of the molecule is C\C=C/C(=C\C=C(/C)Cl)OCC(CC)Nc1nc(N)nc(C(F)(F)F)n1. The van der Waals surface area contributed by atoms with Gasteiger partial charge in [-0.15, -0.1) is 0 Å². The van der Waals surface area contributed by atoms with Crippen LogP contribution in [-0.2, 0) is 10.9 Å². The zero-order valence-corrected chi connectivity index (χ0v) is 15.4. The highest BCUT2D eigenvalue weighted by Gasteiger charge is 2.35. The number of allylic oxidation sites excluding steroid dienone is 5. The number of nitrogen functional groups attached to an aromatic ring is 1. The number of alkyl halides is 3. The number of hydrogen-bond acceptors (Lipinski definition) is 6. The smallest absolute Gasteiger partial charge is 0.451 e. The van der Waals surface area contributed by atoms with Crippen LogP contribution in [-0.4, -0.2) is 27.6 Å². The van der Waals surface area contributed by atoms with Gasteiger partial charge in [-0.2, -0.15) is 28.1 Å². The molecule has 1 aromatic rings. The van der Waals surface area contributed by atoms with Gasteiger partial charge in [0, 0.05) is 5.03 Å². The van der Waals surface area contributed by atoms with Crippen molar-refractivity contribution >= 4 is 23.5 Å². The van der Waals surface area contributed by atoms with Crippen LogP contribution < -0.4 is 11.1 Å². The van der Waals surface area contributed by atoms with E-state index >= 15 is 0 Å². The van der Waals surface area contributed by atoms with Crippen molar-refractivity contribution in [1.82, 2.24) is 15.0 Å². The minimum Gasteiger partial charge on any atom is -0.491 e. The van der Waals surface area contributed by atoms with E-state index in [2.05, 4.69) is 20.3 Å². The van der Waals surface area contributed by atoms with Gasteiger partial charge in [-0.3, -0.25) is 0 Å². The van der Waals surface area contributed by atoms with E-state index in [-0.39, 0.29) is 18.6 Å². The first kappa shape index (κ1) is 21.8. The third kappa shape index (κ3) is 7.73. The van der Waals surface area contributed by atoms with Gasteiger partial charge >= 0.3 is 6.18 Å². The topological polar surface area (TPSA) is 86.0 Å². The van der Waals surface area contributed by atoms with Gasteiger partial charge < -0.3 is 15.8 Å². The second-order valence-corrected chi connectivity index (χ2v) is 5.82. The fourth-order valence-corrected chi connectivity index (χ4v) is 1.80. The third-order valence-corrected chi connectivity index (χ3v) is 3.12. The Balaban J connectivity index is 2.86. The minimum atomic E-state index is -4.71. The second-order valence-electron chi connectivity index (χ2n) is 5.22. The summed E-state index contributed by atoms with van der Waals surface area (Å²) in [6.07, 6.45) is 2.75. The molecule has 0 aliphatic rings. The first-order chi connectivity index (χ1) is 12.2. The molecule has 10 heteroatoms. The average Bonchev–Trinajstić information content (AvgIpc) is 2.54. The van der Waals surface area contributed by atoms with Crippen LogP contribution in [0, 0.1) is 0 Å². The van der Waals surface area contributed by atoms with Crippen LogP contribution in [0.4, 0.5) is 25.1 Å². The largest absolute Gasteiger partial charge is 0.491 e. The molecule has 26 heavy (non-hydrogen) atoms. The maximum absolute atomic E-state index is 12.8. The summed E-state index contributed by atoms with van der Waals surface area (Å²) in [6.45, 7) is 5.58. The lowest BCUT2D eigenvalue weighted by Crippen LogP contribution is -2.27. The van der Waals surface area contributed by atoms with E-state index in [4.69, 9.17) is 22.1 Å². The molecule has 0 aliphatic carbocycles. The zero-order valence-electron chi connectivity index (χ0n) is 14.6. The van der Waals surface area contributed by atoms with Crippen molar-refractivity contribution in [3.63, 3.8) is 0 Å². The Bertz CT molecular complexity index is 685. The van der Waals surface area contributed by atoms with Gasteiger partial charge in [0.2, 0.25) is 17.7 Å². The van der Waals surface area contributed by atoms with Gasteiger partial charge in [0.1, 0.15) is 12.4 Å². The van der Waals surface area contributed by atoms with E-state index in [1.807, 2.05) is 13.8 Å². The number of anilines is 2. The summed E-state index contributed by atoms with van der Waals surface area (Å²) in [7, 11) is 0. The molecule has 0 amide bonds. The molecule has 0 saturated heterocycles. The fraction of sp³-hybridized carbons (Fsp3) is 0.438. The number of aromatic nitrogens is 3. The number of hydrogen-bond donors (Lipinski definition) is 2. The number of nitrogens with one attached hydrogen (secondary N) is 1. The normalized spacial score (nSPS) is 14.6. The first-order valence-corrected chi connectivity index (χ1v) is 8.18. The van der Waals surface area contributed by atoms with Crippen LogP contribution >= 0.6 is 11.6 Å². The maximum atomic E-state index is 12.8. The molecule has 6 nitrogen and oxygen atoms in total. The Labute approximate surface area is 155 Å². The van der Waals surface area contributed by atoms with Crippen LogP contribution in [0.1, 0.15) is 33.0 Å². The molecule has 0 aliphatic heterocycles. The zero-order chi connectivity index (χ0) is 19.7. The van der Waals surface area contributed by atoms with Crippen LogP contribution in [0.3, 0.4) is 0 Å². The molecule has 1 aromatic heterocycles. The summed E-state index contributed by atoms with van der Waals surface area (Å²) in [6, 6.07) is -0.340. The highest BCUT2D eigenvalue weighted by atomic mass is 35.5. The van der Waals surface area contributed by atoms with Gasteiger partial charge in [0.15, 0.2) is 0 Å². The molecular formula is C16H21ClF3N5O. The Morgan fingerprint density at radius 2 is 2.00 bits per heavy atom. The molecule has 1 heterocycles. The molecular weight excluding hydrogens is 371 g/mol. The van der Waals surface area contributed by atoms with Crippen LogP contribution in [0.2, 0.25) is 0 Å². The number of ether oxygens (including phenoxy) is 1. The minimum absolute atomic E-state index is 0.175. The maximum Gasteiger partial charge on any atom is 0.451 e. The van der Waals surface area contributed by atoms with Gasteiger partial charge in [0.05, 0.1) is 6.04 Å². The van der Waals surface area contributed by atoms with Crippen LogP contribution in [0.25, 0.3) is 0 Å². The lowest BCUT2D eigenvalue weighted by Gasteiger charge is -2.18. The number of nitrogens with zero attached hydrogens (tertiary/aromatic N) is 3. The van der Waals surface area contributed by atoms with Crippen LogP contribution in [0.15, 0.2) is 35.1 Å². The summed E-state index contributed by atoms with van der Waals surface area (Å²) in [4.78, 5) is 10.2. The average molecular weight is 392 g/mol. The van der Waals surface area contributed by atoms with Gasteiger partial charge in [-0.05, 0) is 38.5 Å². The molecule has 0 aromatic carbocycles. The molecule has 144 valence electrons. The Morgan fingerprint density at radius 3 is 2.54 bits per heavy atom. The summed E-state index contributed by atoms with van der Waals surface area (Å²) >= 11 is 5.78. The highest BCUT2D eigenvalue weighted by Crippen LogP contribution is 2.27. The molecule has 1 unspecified atom stereocenters. The van der Waals surface area contributed by atoms with E-state index in [9.17, 15) is 13.2 Å². The van der Waals surface area contributed by atoms with Gasteiger partial charge in [-0.1, -0.05) is 24.6 Å².